The Morgan fingerprint density at radius 3 is 2.67 bits per heavy atom. The number of aliphatic carboxylic acids is 1. The molecule has 1 rings (SSSR count). The van der Waals surface area contributed by atoms with Crippen LogP contribution in [0.5, 0.6) is 0 Å². The summed E-state index contributed by atoms with van der Waals surface area (Å²) in [5.74, 6) is -1.21. The van der Waals surface area contributed by atoms with Crippen molar-refractivity contribution < 1.29 is 29.3 Å². The minimum Gasteiger partial charge on any atom is -0.481 e. The number of carboxylic acids is 1. The van der Waals surface area contributed by atoms with Gasteiger partial charge in [-0.05, 0) is 39.5 Å². The normalized spacial score (nSPS) is 27.1. The van der Waals surface area contributed by atoms with Gasteiger partial charge in [0.15, 0.2) is 5.78 Å². The summed E-state index contributed by atoms with van der Waals surface area (Å²) >= 11 is 0. The lowest BCUT2D eigenvalue weighted by atomic mass is 9.91. The number of hydrogen-bond acceptors (Lipinski definition) is 5. The Bertz CT molecular complexity index is 437. The van der Waals surface area contributed by atoms with Crippen molar-refractivity contribution in [2.24, 2.45) is 5.92 Å². The molecule has 6 nitrogen and oxygen atoms in total. The number of aliphatic hydroxyl groups is 1. The first-order chi connectivity index (χ1) is 11.3. The first-order valence-electron chi connectivity index (χ1n) is 8.57. The topological polar surface area (TPSA) is 93.1 Å². The first-order valence-corrected chi connectivity index (χ1v) is 8.57. The zero-order valence-corrected chi connectivity index (χ0v) is 14.9. The molecule has 0 saturated carbocycles. The number of carboxylic acid groups (broad SMARTS) is 1. The second kappa shape index (κ2) is 9.91. The Labute approximate surface area is 143 Å². The summed E-state index contributed by atoms with van der Waals surface area (Å²) < 4.78 is 11.4. The van der Waals surface area contributed by atoms with Gasteiger partial charge in [-0.15, -0.1) is 0 Å². The van der Waals surface area contributed by atoms with Crippen LogP contribution in [0.3, 0.4) is 0 Å². The number of Topliss-reactive ketones (excluding diaryl/α,β-unsaturated/α-hetero) is 1. The molecule has 1 fully saturated rings. The average Bonchev–Trinajstić information content (AvgIpc) is 2.53. The number of rotatable bonds is 10. The third-order valence-corrected chi connectivity index (χ3v) is 4.40. The lowest BCUT2D eigenvalue weighted by molar-refractivity contribution is -0.191. The minimum atomic E-state index is -0.933. The maximum atomic E-state index is 12.1. The largest absolute Gasteiger partial charge is 0.481 e. The molecule has 6 heteroatoms. The molecule has 0 amide bonds. The number of carbonyl (C=O) groups is 2. The van der Waals surface area contributed by atoms with Gasteiger partial charge in [-0.3, -0.25) is 9.59 Å². The molecule has 0 aromatic rings. The Kier molecular flexibility index (Phi) is 8.59. The summed E-state index contributed by atoms with van der Waals surface area (Å²) in [6.07, 6.45) is 4.80. The smallest absolute Gasteiger partial charge is 0.306 e. The third-order valence-electron chi connectivity index (χ3n) is 4.40. The molecular formula is C18H30O6. The molecule has 0 aromatic carbocycles. The Hall–Kier alpha value is -1.24. The molecule has 24 heavy (non-hydrogen) atoms. The highest BCUT2D eigenvalue weighted by atomic mass is 16.6. The molecule has 1 aliphatic heterocycles. The second-order valence-corrected chi connectivity index (χ2v) is 6.81. The van der Waals surface area contributed by atoms with Crippen LogP contribution >= 0.6 is 0 Å². The fourth-order valence-electron chi connectivity index (χ4n) is 2.77. The van der Waals surface area contributed by atoms with Gasteiger partial charge < -0.3 is 19.7 Å². The standard InChI is InChI=1S/C18H30O6/c1-4-5-8-15(19)17(22)13(2)7-6-9-18(3)12-23-14(11-24-18)10-16(20)21/h4-5,13-15,19H,6-12H2,1-3H3,(H,20,21)/b5-4+. The van der Waals surface area contributed by atoms with Crippen molar-refractivity contribution in [3.63, 3.8) is 0 Å². The van der Waals surface area contributed by atoms with Crippen molar-refractivity contribution in [2.75, 3.05) is 13.2 Å². The van der Waals surface area contributed by atoms with Gasteiger partial charge in [-0.1, -0.05) is 19.1 Å². The highest BCUT2D eigenvalue weighted by molar-refractivity contribution is 5.84. The Morgan fingerprint density at radius 2 is 2.12 bits per heavy atom. The van der Waals surface area contributed by atoms with Crippen molar-refractivity contribution in [2.45, 2.75) is 70.7 Å². The minimum absolute atomic E-state index is 0.0499. The van der Waals surface area contributed by atoms with E-state index >= 15 is 0 Å². The molecule has 1 heterocycles. The van der Waals surface area contributed by atoms with Gasteiger partial charge in [-0.25, -0.2) is 0 Å². The van der Waals surface area contributed by atoms with Crippen LogP contribution in [0, 0.1) is 5.92 Å². The summed E-state index contributed by atoms with van der Waals surface area (Å²) in [5.41, 5.74) is -0.443. The lowest BCUT2D eigenvalue weighted by Crippen LogP contribution is -2.45. The van der Waals surface area contributed by atoms with Crippen molar-refractivity contribution in [1.29, 1.82) is 0 Å². The maximum Gasteiger partial charge on any atom is 0.306 e. The molecule has 138 valence electrons. The van der Waals surface area contributed by atoms with Gasteiger partial charge in [0.1, 0.15) is 6.10 Å². The molecule has 2 N–H and O–H groups in total. The van der Waals surface area contributed by atoms with E-state index in [1.54, 1.807) is 6.08 Å². The van der Waals surface area contributed by atoms with E-state index in [9.17, 15) is 14.7 Å². The van der Waals surface area contributed by atoms with Crippen LogP contribution in [-0.2, 0) is 19.1 Å². The van der Waals surface area contributed by atoms with E-state index in [4.69, 9.17) is 14.6 Å². The fraction of sp³-hybridized carbons (Fsp3) is 0.778. The predicted molar refractivity (Wildman–Crippen MR) is 89.8 cm³/mol. The van der Waals surface area contributed by atoms with Crippen LogP contribution in [0.15, 0.2) is 12.2 Å². The number of ether oxygens (including phenoxy) is 2. The van der Waals surface area contributed by atoms with Crippen LogP contribution in [0.1, 0.15) is 52.9 Å². The first kappa shape index (κ1) is 20.8. The number of aliphatic hydroxyl groups excluding tert-OH is 1. The van der Waals surface area contributed by atoms with Crippen molar-refractivity contribution in [1.82, 2.24) is 0 Å². The summed E-state index contributed by atoms with van der Waals surface area (Å²) in [4.78, 5) is 22.7. The predicted octanol–water partition coefficient (Wildman–Crippen LogP) is 2.34. The SMILES string of the molecule is C/C=C/CC(O)C(=O)C(C)CCCC1(C)COC(CC(=O)O)CO1. The van der Waals surface area contributed by atoms with E-state index in [0.717, 1.165) is 12.8 Å². The van der Waals surface area contributed by atoms with Crippen LogP contribution in [0.2, 0.25) is 0 Å². The van der Waals surface area contributed by atoms with E-state index in [2.05, 4.69) is 0 Å². The zero-order chi connectivity index (χ0) is 18.2. The van der Waals surface area contributed by atoms with Crippen molar-refractivity contribution >= 4 is 11.8 Å². The maximum absolute atomic E-state index is 12.1. The van der Waals surface area contributed by atoms with E-state index in [0.29, 0.717) is 19.4 Å². The van der Waals surface area contributed by atoms with Gasteiger partial charge in [0.2, 0.25) is 0 Å². The second-order valence-electron chi connectivity index (χ2n) is 6.81. The van der Waals surface area contributed by atoms with Gasteiger partial charge in [0, 0.05) is 5.92 Å². The van der Waals surface area contributed by atoms with E-state index < -0.39 is 23.8 Å². The summed E-state index contributed by atoms with van der Waals surface area (Å²) in [5, 5.41) is 18.6. The van der Waals surface area contributed by atoms with Crippen LogP contribution in [0.25, 0.3) is 0 Å². The summed E-state index contributed by atoms with van der Waals surface area (Å²) in [6.45, 7) is 6.27. The number of hydrogen-bond donors (Lipinski definition) is 2. The van der Waals surface area contributed by atoms with Gasteiger partial charge in [0.25, 0.3) is 0 Å². The molecular weight excluding hydrogens is 312 g/mol. The Morgan fingerprint density at radius 1 is 1.42 bits per heavy atom. The highest BCUT2D eigenvalue weighted by Crippen LogP contribution is 2.26. The van der Waals surface area contributed by atoms with Gasteiger partial charge in [-0.2, -0.15) is 0 Å². The van der Waals surface area contributed by atoms with Gasteiger partial charge >= 0.3 is 5.97 Å². The lowest BCUT2D eigenvalue weighted by Gasteiger charge is -2.37. The zero-order valence-electron chi connectivity index (χ0n) is 14.9. The monoisotopic (exact) mass is 342 g/mol. The molecule has 4 atom stereocenters. The fourth-order valence-corrected chi connectivity index (χ4v) is 2.77. The molecule has 0 radical (unpaired) electrons. The van der Waals surface area contributed by atoms with E-state index in [-0.39, 0.29) is 24.7 Å². The molecule has 0 bridgehead atoms. The highest BCUT2D eigenvalue weighted by Gasteiger charge is 2.33. The molecule has 0 aromatic heterocycles. The quantitative estimate of drug-likeness (QED) is 0.592. The number of allylic oxidation sites excluding steroid dienone is 1. The van der Waals surface area contributed by atoms with E-state index in [1.165, 1.54) is 0 Å². The number of ketones is 1. The van der Waals surface area contributed by atoms with Gasteiger partial charge in [0.05, 0.1) is 31.3 Å². The van der Waals surface area contributed by atoms with Crippen molar-refractivity contribution in [3.05, 3.63) is 12.2 Å². The third kappa shape index (κ3) is 7.11. The summed E-state index contributed by atoms with van der Waals surface area (Å²) in [7, 11) is 0. The molecule has 1 aliphatic rings. The van der Waals surface area contributed by atoms with Crippen LogP contribution < -0.4 is 0 Å². The Balaban J connectivity index is 2.31. The van der Waals surface area contributed by atoms with E-state index in [1.807, 2.05) is 26.8 Å². The summed E-state index contributed by atoms with van der Waals surface area (Å²) in [6, 6.07) is 0. The molecule has 4 unspecified atom stereocenters. The number of carbonyl (C=O) groups excluding carboxylic acids is 1. The molecule has 1 saturated heterocycles. The molecule has 0 aliphatic carbocycles. The van der Waals surface area contributed by atoms with Crippen LogP contribution in [-0.4, -0.2) is 53.0 Å². The average molecular weight is 342 g/mol. The van der Waals surface area contributed by atoms with Crippen LogP contribution in [0.4, 0.5) is 0 Å². The molecule has 0 spiro atoms. The van der Waals surface area contributed by atoms with Crippen molar-refractivity contribution in [3.8, 4) is 0 Å².